The minimum absolute atomic E-state index is 0.0530. The van der Waals surface area contributed by atoms with Crippen LogP contribution in [-0.2, 0) is 0 Å². The highest BCUT2D eigenvalue weighted by Crippen LogP contribution is 2.29. The van der Waals surface area contributed by atoms with Gasteiger partial charge in [-0.05, 0) is 43.4 Å². The molecule has 3 nitrogen and oxygen atoms in total. The fourth-order valence-electron chi connectivity index (χ4n) is 2.49. The average Bonchev–Trinajstić information content (AvgIpc) is 2.88. The minimum Gasteiger partial charge on any atom is -0.494 e. The number of nitrogens with one attached hydrogen (secondary N) is 1. The first-order valence-corrected chi connectivity index (χ1v) is 7.79. The maximum atomic E-state index is 12.1. The van der Waals surface area contributed by atoms with E-state index in [0.717, 1.165) is 31.4 Å². The van der Waals surface area contributed by atoms with Gasteiger partial charge in [-0.3, -0.25) is 4.79 Å². The summed E-state index contributed by atoms with van der Waals surface area (Å²) in [5, 5.41) is 3.18. The summed E-state index contributed by atoms with van der Waals surface area (Å²) in [7, 11) is 0. The second-order valence-electron chi connectivity index (χ2n) is 5.29. The lowest BCUT2D eigenvalue weighted by molar-refractivity contribution is 0.0947. The van der Waals surface area contributed by atoms with E-state index in [1.165, 1.54) is 0 Å². The van der Waals surface area contributed by atoms with Gasteiger partial charge in [0.1, 0.15) is 5.75 Å². The van der Waals surface area contributed by atoms with E-state index in [-0.39, 0.29) is 11.3 Å². The largest absolute Gasteiger partial charge is 0.494 e. The summed E-state index contributed by atoms with van der Waals surface area (Å²) in [6.07, 6.45) is 4.28. The molecule has 0 bridgehead atoms. The van der Waals surface area contributed by atoms with E-state index in [1.807, 2.05) is 12.1 Å². The Hall–Kier alpha value is -1.22. The molecule has 1 aromatic carbocycles. The Labute approximate surface area is 125 Å². The zero-order valence-electron chi connectivity index (χ0n) is 11.9. The Balaban J connectivity index is 1.88. The predicted molar refractivity (Wildman–Crippen MR) is 81.5 cm³/mol. The molecular weight excluding hydrogens is 274 g/mol. The van der Waals surface area contributed by atoms with E-state index in [4.69, 9.17) is 16.3 Å². The van der Waals surface area contributed by atoms with Crippen LogP contribution in [0.3, 0.4) is 0 Å². The number of benzene rings is 1. The van der Waals surface area contributed by atoms with Gasteiger partial charge in [0.2, 0.25) is 0 Å². The molecule has 1 amide bonds. The Morgan fingerprint density at radius 3 is 3.00 bits per heavy atom. The molecule has 2 rings (SSSR count). The normalized spacial score (nSPS) is 21.7. The van der Waals surface area contributed by atoms with Crippen LogP contribution in [0.4, 0.5) is 0 Å². The van der Waals surface area contributed by atoms with E-state index in [1.54, 1.807) is 12.1 Å². The molecule has 1 aliphatic carbocycles. The molecule has 110 valence electrons. The zero-order chi connectivity index (χ0) is 14.4. The molecule has 0 aliphatic heterocycles. The third-order valence-corrected chi connectivity index (χ3v) is 4.23. The number of carbonyl (C=O) groups excluding carboxylic acids is 1. The molecule has 20 heavy (non-hydrogen) atoms. The summed E-state index contributed by atoms with van der Waals surface area (Å²) in [5.74, 6) is 1.10. The van der Waals surface area contributed by atoms with Crippen molar-refractivity contribution in [3.8, 4) is 5.75 Å². The number of carbonyl (C=O) groups is 1. The van der Waals surface area contributed by atoms with Crippen molar-refractivity contribution in [3.63, 3.8) is 0 Å². The number of rotatable bonds is 6. The SMILES string of the molecule is CCCOc1cccc(C(=O)NCC2CCCC2Cl)c1. The van der Waals surface area contributed by atoms with Gasteiger partial charge in [-0.2, -0.15) is 0 Å². The number of alkyl halides is 1. The fraction of sp³-hybridized carbons (Fsp3) is 0.562. The van der Waals surface area contributed by atoms with Crippen LogP contribution in [0, 0.1) is 5.92 Å². The molecular formula is C16H22ClNO2. The Kier molecular flexibility index (Phi) is 5.72. The molecule has 0 saturated heterocycles. The molecule has 0 heterocycles. The standard InChI is InChI=1S/C16H22ClNO2/c1-2-9-20-14-7-3-5-12(10-14)16(19)18-11-13-6-4-8-15(13)17/h3,5,7,10,13,15H,2,4,6,8-9,11H2,1H3,(H,18,19). The van der Waals surface area contributed by atoms with Crippen molar-refractivity contribution in [2.24, 2.45) is 5.92 Å². The van der Waals surface area contributed by atoms with Gasteiger partial charge >= 0.3 is 0 Å². The lowest BCUT2D eigenvalue weighted by atomic mass is 10.1. The van der Waals surface area contributed by atoms with Crippen molar-refractivity contribution >= 4 is 17.5 Å². The summed E-state index contributed by atoms with van der Waals surface area (Å²) in [4.78, 5) is 12.1. The van der Waals surface area contributed by atoms with Crippen LogP contribution >= 0.6 is 11.6 Å². The van der Waals surface area contributed by atoms with Crippen LogP contribution in [0.1, 0.15) is 43.0 Å². The summed E-state index contributed by atoms with van der Waals surface area (Å²) in [6.45, 7) is 3.38. The Bertz CT molecular complexity index is 450. The van der Waals surface area contributed by atoms with Crippen LogP contribution in [0.15, 0.2) is 24.3 Å². The van der Waals surface area contributed by atoms with Crippen LogP contribution in [-0.4, -0.2) is 24.4 Å². The molecule has 0 aromatic heterocycles. The van der Waals surface area contributed by atoms with Crippen molar-refractivity contribution in [3.05, 3.63) is 29.8 Å². The van der Waals surface area contributed by atoms with E-state index in [2.05, 4.69) is 12.2 Å². The quantitative estimate of drug-likeness (QED) is 0.814. The van der Waals surface area contributed by atoms with E-state index in [9.17, 15) is 4.79 Å². The van der Waals surface area contributed by atoms with Gasteiger partial charge in [-0.25, -0.2) is 0 Å². The van der Waals surface area contributed by atoms with Crippen molar-refractivity contribution in [2.45, 2.75) is 38.0 Å². The number of halogens is 1. The third-order valence-electron chi connectivity index (χ3n) is 3.66. The van der Waals surface area contributed by atoms with Gasteiger partial charge in [0, 0.05) is 17.5 Å². The van der Waals surface area contributed by atoms with Gasteiger partial charge in [-0.15, -0.1) is 11.6 Å². The maximum Gasteiger partial charge on any atom is 0.251 e. The van der Waals surface area contributed by atoms with Crippen molar-refractivity contribution < 1.29 is 9.53 Å². The minimum atomic E-state index is -0.0530. The average molecular weight is 296 g/mol. The highest BCUT2D eigenvalue weighted by atomic mass is 35.5. The van der Waals surface area contributed by atoms with Crippen molar-refractivity contribution in [2.75, 3.05) is 13.2 Å². The summed E-state index contributed by atoms with van der Waals surface area (Å²) in [6, 6.07) is 7.32. The molecule has 1 saturated carbocycles. The van der Waals surface area contributed by atoms with Crippen LogP contribution in [0.5, 0.6) is 5.75 Å². The number of ether oxygens (including phenoxy) is 1. The highest BCUT2D eigenvalue weighted by molar-refractivity contribution is 6.21. The van der Waals surface area contributed by atoms with Crippen molar-refractivity contribution in [1.29, 1.82) is 0 Å². The smallest absolute Gasteiger partial charge is 0.251 e. The lowest BCUT2D eigenvalue weighted by Crippen LogP contribution is -2.31. The Morgan fingerprint density at radius 1 is 1.45 bits per heavy atom. The molecule has 1 fully saturated rings. The van der Waals surface area contributed by atoms with Gasteiger partial charge in [-0.1, -0.05) is 19.4 Å². The van der Waals surface area contributed by atoms with Gasteiger partial charge < -0.3 is 10.1 Å². The first-order valence-electron chi connectivity index (χ1n) is 7.36. The second kappa shape index (κ2) is 7.53. The predicted octanol–water partition coefficient (Wildman–Crippen LogP) is 3.61. The molecule has 4 heteroatoms. The summed E-state index contributed by atoms with van der Waals surface area (Å²) in [5.41, 5.74) is 0.641. The lowest BCUT2D eigenvalue weighted by Gasteiger charge is -2.14. The van der Waals surface area contributed by atoms with Gasteiger partial charge in [0.15, 0.2) is 0 Å². The van der Waals surface area contributed by atoms with Crippen LogP contribution in [0.25, 0.3) is 0 Å². The zero-order valence-corrected chi connectivity index (χ0v) is 12.7. The number of hydrogen-bond donors (Lipinski definition) is 1. The molecule has 2 atom stereocenters. The molecule has 2 unspecified atom stereocenters. The van der Waals surface area contributed by atoms with Crippen LogP contribution in [0.2, 0.25) is 0 Å². The molecule has 1 aromatic rings. The van der Waals surface area contributed by atoms with Crippen LogP contribution < -0.4 is 10.1 Å². The summed E-state index contributed by atoms with van der Waals surface area (Å²) < 4.78 is 5.54. The molecule has 1 aliphatic rings. The van der Waals surface area contributed by atoms with E-state index < -0.39 is 0 Å². The van der Waals surface area contributed by atoms with E-state index in [0.29, 0.717) is 24.6 Å². The number of hydrogen-bond acceptors (Lipinski definition) is 2. The van der Waals surface area contributed by atoms with Gasteiger partial charge in [0.25, 0.3) is 5.91 Å². The van der Waals surface area contributed by atoms with E-state index >= 15 is 0 Å². The van der Waals surface area contributed by atoms with Gasteiger partial charge in [0.05, 0.1) is 6.61 Å². The monoisotopic (exact) mass is 295 g/mol. The Morgan fingerprint density at radius 2 is 2.30 bits per heavy atom. The third kappa shape index (κ3) is 4.14. The highest BCUT2D eigenvalue weighted by Gasteiger charge is 2.25. The summed E-state index contributed by atoms with van der Waals surface area (Å²) >= 11 is 6.22. The number of amides is 1. The fourth-order valence-corrected chi connectivity index (χ4v) is 2.86. The first-order chi connectivity index (χ1) is 9.70. The molecule has 1 N–H and O–H groups in total. The second-order valence-corrected chi connectivity index (χ2v) is 5.85. The van der Waals surface area contributed by atoms with Crippen molar-refractivity contribution in [1.82, 2.24) is 5.32 Å². The topological polar surface area (TPSA) is 38.3 Å². The molecule has 0 radical (unpaired) electrons. The maximum absolute atomic E-state index is 12.1. The molecule has 0 spiro atoms. The first kappa shape index (κ1) is 15.2.